The number of nitrogens with zero attached hydrogens (tertiary/aromatic N) is 6. The molecule has 0 spiro atoms. The molecule has 4 heterocycles. The Balaban J connectivity index is 1.50. The maximum Gasteiger partial charge on any atom is 0.471 e. The second kappa shape index (κ2) is 9.47. The van der Waals surface area contributed by atoms with Gasteiger partial charge in [-0.3, -0.25) is 9.69 Å². The molecule has 8 nitrogen and oxygen atoms in total. The zero-order valence-electron chi connectivity index (χ0n) is 19.1. The number of fused-ring (bicyclic) bond motifs is 1. The Morgan fingerprint density at radius 3 is 2.53 bits per heavy atom. The number of carbonyl (C=O) groups is 1. The fourth-order valence-corrected chi connectivity index (χ4v) is 4.41. The first-order chi connectivity index (χ1) is 17.3. The molecule has 0 N–H and O–H groups in total. The van der Waals surface area contributed by atoms with Crippen molar-refractivity contribution < 1.29 is 22.4 Å². The van der Waals surface area contributed by atoms with Crippen molar-refractivity contribution in [3.63, 3.8) is 0 Å². The van der Waals surface area contributed by atoms with Gasteiger partial charge in [0.1, 0.15) is 5.65 Å². The summed E-state index contributed by atoms with van der Waals surface area (Å²) in [5.74, 6) is -1.21. The Kier molecular flexibility index (Phi) is 6.20. The van der Waals surface area contributed by atoms with Crippen LogP contribution in [-0.2, 0) is 11.3 Å². The molecule has 36 heavy (non-hydrogen) atoms. The van der Waals surface area contributed by atoms with Gasteiger partial charge in [0.25, 0.3) is 0 Å². The number of halogens is 3. The monoisotopic (exact) mass is 494 g/mol. The van der Waals surface area contributed by atoms with Crippen LogP contribution in [0.25, 0.3) is 28.2 Å². The van der Waals surface area contributed by atoms with Crippen molar-refractivity contribution >= 4 is 11.6 Å². The third kappa shape index (κ3) is 4.67. The molecule has 0 bridgehead atoms. The van der Waals surface area contributed by atoms with Crippen LogP contribution in [0, 0.1) is 11.3 Å². The highest BCUT2D eigenvalue weighted by atomic mass is 19.4. The molecule has 0 atom stereocenters. The van der Waals surface area contributed by atoms with Crippen LogP contribution in [0.1, 0.15) is 17.7 Å². The largest absolute Gasteiger partial charge is 0.471 e. The minimum Gasteiger partial charge on any atom is -0.443 e. The van der Waals surface area contributed by atoms with Crippen LogP contribution in [0.5, 0.6) is 0 Å². The highest BCUT2D eigenvalue weighted by Gasteiger charge is 2.42. The normalized spacial score (nSPS) is 15.1. The van der Waals surface area contributed by atoms with Crippen molar-refractivity contribution in [2.75, 3.05) is 26.2 Å². The van der Waals surface area contributed by atoms with Crippen LogP contribution >= 0.6 is 0 Å². The first-order valence-corrected chi connectivity index (χ1v) is 11.3. The van der Waals surface area contributed by atoms with E-state index in [1.165, 1.54) is 6.39 Å². The van der Waals surface area contributed by atoms with E-state index in [-0.39, 0.29) is 13.1 Å². The molecule has 1 aliphatic heterocycles. The van der Waals surface area contributed by atoms with Gasteiger partial charge in [-0.25, -0.2) is 9.97 Å². The van der Waals surface area contributed by atoms with Gasteiger partial charge < -0.3 is 13.7 Å². The summed E-state index contributed by atoms with van der Waals surface area (Å²) >= 11 is 0. The first kappa shape index (κ1) is 23.6. The maximum atomic E-state index is 12.9. The topological polar surface area (TPSA) is 90.7 Å². The summed E-state index contributed by atoms with van der Waals surface area (Å²) in [7, 11) is 0. The molecule has 1 aromatic carbocycles. The quantitative estimate of drug-likeness (QED) is 0.424. The van der Waals surface area contributed by atoms with Crippen LogP contribution in [0.15, 0.2) is 59.6 Å². The molecule has 0 radical (unpaired) electrons. The van der Waals surface area contributed by atoms with E-state index in [1.807, 2.05) is 39.8 Å². The summed E-state index contributed by atoms with van der Waals surface area (Å²) in [5, 5.41) is 9.15. The Bertz CT molecular complexity index is 1420. The Morgan fingerprint density at radius 1 is 1.06 bits per heavy atom. The summed E-state index contributed by atoms with van der Waals surface area (Å²) in [6.45, 7) is 1.28. The van der Waals surface area contributed by atoms with E-state index in [0.717, 1.165) is 21.7 Å². The average molecular weight is 494 g/mol. The molecule has 4 aromatic rings. The molecule has 1 saturated heterocycles. The summed E-state index contributed by atoms with van der Waals surface area (Å²) in [5.41, 5.74) is 4.38. The van der Waals surface area contributed by atoms with Crippen molar-refractivity contribution in [2.45, 2.75) is 19.1 Å². The van der Waals surface area contributed by atoms with Crippen LogP contribution in [0.2, 0.25) is 0 Å². The smallest absolute Gasteiger partial charge is 0.443 e. The molecular weight excluding hydrogens is 473 g/mol. The summed E-state index contributed by atoms with van der Waals surface area (Å²) in [4.78, 5) is 23.4. The van der Waals surface area contributed by atoms with Gasteiger partial charge in [-0.05, 0) is 30.7 Å². The molecule has 184 valence electrons. The Hall–Kier alpha value is -4.17. The molecule has 3 aromatic heterocycles. The molecule has 1 aliphatic rings. The van der Waals surface area contributed by atoms with E-state index in [2.05, 4.69) is 11.1 Å². The SMILES string of the molecule is N#Cc1ccc(-c2nc3ccc(-c4cnco4)cn3c2CN2CCCN(C(=O)C(F)(F)F)CC2)cc1. The molecule has 1 fully saturated rings. The van der Waals surface area contributed by atoms with Gasteiger partial charge in [0.15, 0.2) is 12.2 Å². The predicted molar refractivity (Wildman–Crippen MR) is 123 cm³/mol. The lowest BCUT2D eigenvalue weighted by Gasteiger charge is -2.23. The minimum atomic E-state index is -4.88. The molecule has 0 saturated carbocycles. The number of pyridine rings is 1. The number of amides is 1. The number of rotatable bonds is 4. The predicted octanol–water partition coefficient (Wildman–Crippen LogP) is 4.12. The highest BCUT2D eigenvalue weighted by molar-refractivity contribution is 5.81. The second-order valence-corrected chi connectivity index (χ2v) is 8.53. The van der Waals surface area contributed by atoms with E-state index >= 15 is 0 Å². The van der Waals surface area contributed by atoms with Gasteiger partial charge in [0, 0.05) is 50.0 Å². The number of oxazole rings is 1. The average Bonchev–Trinajstić information content (AvgIpc) is 3.47. The minimum absolute atomic E-state index is 0.00933. The Labute approximate surface area is 204 Å². The fourth-order valence-electron chi connectivity index (χ4n) is 4.41. The van der Waals surface area contributed by atoms with Gasteiger partial charge in [0.2, 0.25) is 0 Å². The highest BCUT2D eigenvalue weighted by Crippen LogP contribution is 2.29. The van der Waals surface area contributed by atoms with Crippen LogP contribution in [-0.4, -0.2) is 62.4 Å². The van der Waals surface area contributed by atoms with Gasteiger partial charge in [-0.1, -0.05) is 12.1 Å². The van der Waals surface area contributed by atoms with Gasteiger partial charge >= 0.3 is 12.1 Å². The van der Waals surface area contributed by atoms with Crippen molar-refractivity contribution in [2.24, 2.45) is 0 Å². The van der Waals surface area contributed by atoms with Crippen LogP contribution < -0.4 is 0 Å². The van der Waals surface area contributed by atoms with Gasteiger partial charge in [-0.2, -0.15) is 18.4 Å². The molecular formula is C25H21F3N6O2. The number of hydrogen-bond donors (Lipinski definition) is 0. The molecule has 0 aliphatic carbocycles. The molecule has 5 rings (SSSR count). The number of imidazole rings is 1. The Morgan fingerprint density at radius 2 is 1.83 bits per heavy atom. The molecule has 1 amide bonds. The van der Waals surface area contributed by atoms with Gasteiger partial charge in [0.05, 0.1) is 29.2 Å². The third-order valence-electron chi connectivity index (χ3n) is 6.21. The first-order valence-electron chi connectivity index (χ1n) is 11.3. The fraction of sp³-hybridized carbons (Fsp3) is 0.280. The number of benzene rings is 1. The molecule has 11 heteroatoms. The van der Waals surface area contributed by atoms with E-state index in [9.17, 15) is 18.0 Å². The summed E-state index contributed by atoms with van der Waals surface area (Å²) in [6, 6.07) is 12.9. The van der Waals surface area contributed by atoms with E-state index in [4.69, 9.17) is 14.7 Å². The van der Waals surface area contributed by atoms with Crippen molar-refractivity contribution in [1.82, 2.24) is 24.2 Å². The lowest BCUT2D eigenvalue weighted by atomic mass is 10.1. The lowest BCUT2D eigenvalue weighted by molar-refractivity contribution is -0.185. The second-order valence-electron chi connectivity index (χ2n) is 8.53. The maximum absolute atomic E-state index is 12.9. The van der Waals surface area contributed by atoms with Crippen molar-refractivity contribution in [3.8, 4) is 28.7 Å². The van der Waals surface area contributed by atoms with Crippen molar-refractivity contribution in [1.29, 1.82) is 5.26 Å². The number of alkyl halides is 3. The summed E-state index contributed by atoms with van der Waals surface area (Å²) < 4.78 is 46.2. The lowest BCUT2D eigenvalue weighted by Crippen LogP contribution is -2.43. The van der Waals surface area contributed by atoms with Crippen LogP contribution in [0.3, 0.4) is 0 Å². The van der Waals surface area contributed by atoms with E-state index in [0.29, 0.717) is 48.7 Å². The van der Waals surface area contributed by atoms with Crippen molar-refractivity contribution in [3.05, 3.63) is 66.4 Å². The number of hydrogen-bond acceptors (Lipinski definition) is 6. The standard InChI is InChI=1S/C25H21F3N6O2/c26-25(27,28)24(35)33-9-1-8-32(10-11-33)15-20-23(18-4-2-17(12-29)3-5-18)31-22-7-6-19(14-34(20)22)21-13-30-16-36-21/h2-7,13-14,16H,1,8-11,15H2. The zero-order valence-corrected chi connectivity index (χ0v) is 19.1. The summed E-state index contributed by atoms with van der Waals surface area (Å²) in [6.07, 6.45) is 0.398. The van der Waals surface area contributed by atoms with Gasteiger partial charge in [-0.15, -0.1) is 0 Å². The number of carbonyl (C=O) groups excluding carboxylic acids is 1. The molecule has 0 unspecified atom stereocenters. The van der Waals surface area contributed by atoms with E-state index in [1.54, 1.807) is 18.3 Å². The zero-order chi connectivity index (χ0) is 25.3. The van der Waals surface area contributed by atoms with E-state index < -0.39 is 12.1 Å². The third-order valence-corrected chi connectivity index (χ3v) is 6.21. The number of nitriles is 1. The van der Waals surface area contributed by atoms with Crippen LogP contribution in [0.4, 0.5) is 13.2 Å². The number of aromatic nitrogens is 3.